The van der Waals surface area contributed by atoms with Crippen LogP contribution in [0.25, 0.3) is 0 Å². The molecule has 1 aliphatic heterocycles. The maximum absolute atomic E-state index is 12.8. The van der Waals surface area contributed by atoms with Gasteiger partial charge in [-0.1, -0.05) is 45.9 Å². The van der Waals surface area contributed by atoms with Gasteiger partial charge in [0.1, 0.15) is 12.7 Å². The van der Waals surface area contributed by atoms with Gasteiger partial charge in [0.05, 0.1) is 12.7 Å². The molecule has 3 rings (SSSR count). The van der Waals surface area contributed by atoms with Gasteiger partial charge in [-0.15, -0.1) is 0 Å². The lowest BCUT2D eigenvalue weighted by molar-refractivity contribution is 0.0165. The molecular formula is C20H28N4O5S. The van der Waals surface area contributed by atoms with Gasteiger partial charge in [-0.05, 0) is 23.0 Å². The van der Waals surface area contributed by atoms with Crippen LogP contribution in [0.5, 0.6) is 5.88 Å². The van der Waals surface area contributed by atoms with E-state index in [0.29, 0.717) is 12.2 Å². The van der Waals surface area contributed by atoms with E-state index in [1.165, 1.54) is 10.9 Å². The van der Waals surface area contributed by atoms with E-state index in [1.54, 1.807) is 7.11 Å². The minimum Gasteiger partial charge on any atom is -0.474 e. The summed E-state index contributed by atoms with van der Waals surface area (Å²) in [5, 5.41) is 6.79. The Bertz CT molecular complexity index is 1000. The number of urea groups is 1. The second-order valence-electron chi connectivity index (χ2n) is 7.85. The SMILES string of the molecule is COC1COc2c(S(=O)(=O)NC(=O)Nc3c(C(C)C)cccc3C(C)C)cnn2C1. The van der Waals surface area contributed by atoms with Crippen molar-refractivity contribution in [2.24, 2.45) is 0 Å². The number of amides is 2. The fraction of sp³-hybridized carbons (Fsp3) is 0.500. The maximum Gasteiger partial charge on any atom is 0.333 e. The van der Waals surface area contributed by atoms with Gasteiger partial charge in [-0.2, -0.15) is 5.10 Å². The highest BCUT2D eigenvalue weighted by atomic mass is 32.2. The molecule has 0 saturated heterocycles. The fourth-order valence-electron chi connectivity index (χ4n) is 3.39. The molecule has 0 aliphatic carbocycles. The molecule has 1 aromatic carbocycles. The molecule has 0 bridgehead atoms. The Morgan fingerprint density at radius 2 is 1.87 bits per heavy atom. The molecule has 164 valence electrons. The van der Waals surface area contributed by atoms with Gasteiger partial charge in [0.2, 0.25) is 5.88 Å². The van der Waals surface area contributed by atoms with Crippen LogP contribution in [-0.2, 0) is 21.3 Å². The fourth-order valence-corrected chi connectivity index (χ4v) is 4.37. The zero-order valence-electron chi connectivity index (χ0n) is 17.8. The highest BCUT2D eigenvalue weighted by molar-refractivity contribution is 7.90. The lowest BCUT2D eigenvalue weighted by Gasteiger charge is -2.23. The Hall–Kier alpha value is -2.59. The van der Waals surface area contributed by atoms with Gasteiger partial charge in [-0.25, -0.2) is 22.6 Å². The van der Waals surface area contributed by atoms with E-state index in [-0.39, 0.29) is 35.3 Å². The average molecular weight is 437 g/mol. The molecule has 1 aliphatic rings. The molecule has 1 atom stereocenters. The van der Waals surface area contributed by atoms with Gasteiger partial charge < -0.3 is 14.8 Å². The number of hydrogen-bond donors (Lipinski definition) is 2. The number of nitrogens with zero attached hydrogens (tertiary/aromatic N) is 2. The number of ether oxygens (including phenoxy) is 2. The predicted molar refractivity (Wildman–Crippen MR) is 112 cm³/mol. The summed E-state index contributed by atoms with van der Waals surface area (Å²) >= 11 is 0. The summed E-state index contributed by atoms with van der Waals surface area (Å²) in [6.07, 6.45) is 0.955. The van der Waals surface area contributed by atoms with E-state index in [2.05, 4.69) is 15.1 Å². The standard InChI is InChI=1S/C20H28N4O5S/c1-12(2)15-7-6-8-16(13(3)4)18(15)22-20(25)23-30(26,27)17-9-21-24-10-14(28-5)11-29-19(17)24/h6-9,12-14H,10-11H2,1-5H3,(H2,22,23,25). The van der Waals surface area contributed by atoms with Crippen molar-refractivity contribution in [3.05, 3.63) is 35.5 Å². The number of nitrogens with one attached hydrogen (secondary N) is 2. The molecule has 2 amide bonds. The van der Waals surface area contributed by atoms with Crippen molar-refractivity contribution < 1.29 is 22.7 Å². The van der Waals surface area contributed by atoms with Crippen molar-refractivity contribution in [3.8, 4) is 5.88 Å². The van der Waals surface area contributed by atoms with Crippen molar-refractivity contribution in [1.82, 2.24) is 14.5 Å². The second kappa shape index (κ2) is 8.65. The molecule has 10 heteroatoms. The van der Waals surface area contributed by atoms with Crippen LogP contribution < -0.4 is 14.8 Å². The lowest BCUT2D eigenvalue weighted by atomic mass is 9.93. The largest absolute Gasteiger partial charge is 0.474 e. The minimum absolute atomic E-state index is 0.0917. The number of methoxy groups -OCH3 is 1. The topological polar surface area (TPSA) is 112 Å². The summed E-state index contributed by atoms with van der Waals surface area (Å²) < 4.78 is 39.8. The van der Waals surface area contributed by atoms with Crippen LogP contribution in [0.15, 0.2) is 29.3 Å². The lowest BCUT2D eigenvalue weighted by Crippen LogP contribution is -2.36. The Balaban J connectivity index is 1.83. The quantitative estimate of drug-likeness (QED) is 0.720. The highest BCUT2D eigenvalue weighted by Crippen LogP contribution is 2.32. The molecule has 0 radical (unpaired) electrons. The monoisotopic (exact) mass is 436 g/mol. The summed E-state index contributed by atoms with van der Waals surface area (Å²) in [5.74, 6) is 0.398. The molecule has 0 fully saturated rings. The molecule has 2 aromatic rings. The molecule has 0 spiro atoms. The zero-order chi connectivity index (χ0) is 22.1. The maximum atomic E-state index is 12.8. The zero-order valence-corrected chi connectivity index (χ0v) is 18.6. The Morgan fingerprint density at radius 1 is 1.23 bits per heavy atom. The molecular weight excluding hydrogens is 408 g/mol. The van der Waals surface area contributed by atoms with E-state index in [0.717, 1.165) is 11.1 Å². The number of aromatic nitrogens is 2. The first-order chi connectivity index (χ1) is 14.1. The van der Waals surface area contributed by atoms with Gasteiger partial charge in [0.25, 0.3) is 10.0 Å². The van der Waals surface area contributed by atoms with E-state index in [9.17, 15) is 13.2 Å². The molecule has 30 heavy (non-hydrogen) atoms. The number of hydrogen-bond acceptors (Lipinski definition) is 6. The van der Waals surface area contributed by atoms with Gasteiger partial charge in [0, 0.05) is 12.8 Å². The van der Waals surface area contributed by atoms with E-state index in [1.807, 2.05) is 45.9 Å². The molecule has 1 aromatic heterocycles. The summed E-state index contributed by atoms with van der Waals surface area (Å²) in [6, 6.07) is 4.95. The van der Waals surface area contributed by atoms with E-state index < -0.39 is 16.1 Å². The Kier molecular flexibility index (Phi) is 6.37. The van der Waals surface area contributed by atoms with Crippen molar-refractivity contribution >= 4 is 21.7 Å². The van der Waals surface area contributed by atoms with Crippen molar-refractivity contribution in [2.45, 2.75) is 57.1 Å². The normalized spacial score (nSPS) is 16.3. The summed E-state index contributed by atoms with van der Waals surface area (Å²) in [4.78, 5) is 12.5. The third kappa shape index (κ3) is 4.44. The third-order valence-corrected chi connectivity index (χ3v) is 6.32. The average Bonchev–Trinajstić information content (AvgIpc) is 3.11. The summed E-state index contributed by atoms with van der Waals surface area (Å²) in [5.41, 5.74) is 2.50. The van der Waals surface area contributed by atoms with E-state index >= 15 is 0 Å². The predicted octanol–water partition coefficient (Wildman–Crippen LogP) is 3.05. The number of para-hydroxylation sites is 1. The summed E-state index contributed by atoms with van der Waals surface area (Å²) in [6.45, 7) is 8.64. The first-order valence-corrected chi connectivity index (χ1v) is 11.3. The number of fused-ring (bicyclic) bond motifs is 1. The van der Waals surface area contributed by atoms with Gasteiger partial charge in [-0.3, -0.25) is 0 Å². The summed E-state index contributed by atoms with van der Waals surface area (Å²) in [7, 11) is -2.63. The van der Waals surface area contributed by atoms with Crippen LogP contribution in [0.3, 0.4) is 0 Å². The van der Waals surface area contributed by atoms with Crippen LogP contribution in [0.1, 0.15) is 50.7 Å². The molecule has 0 saturated carbocycles. The van der Waals surface area contributed by atoms with Crippen molar-refractivity contribution in [1.29, 1.82) is 0 Å². The van der Waals surface area contributed by atoms with Crippen LogP contribution in [0.4, 0.5) is 10.5 Å². The van der Waals surface area contributed by atoms with Crippen LogP contribution in [0.2, 0.25) is 0 Å². The van der Waals surface area contributed by atoms with Crippen molar-refractivity contribution in [2.75, 3.05) is 19.0 Å². The molecule has 2 N–H and O–H groups in total. The molecule has 2 heterocycles. The number of carbonyl (C=O) groups is 1. The smallest absolute Gasteiger partial charge is 0.333 e. The minimum atomic E-state index is -4.18. The third-order valence-electron chi connectivity index (χ3n) is 5.00. The van der Waals surface area contributed by atoms with E-state index in [4.69, 9.17) is 9.47 Å². The highest BCUT2D eigenvalue weighted by Gasteiger charge is 2.31. The number of anilines is 1. The second-order valence-corrected chi connectivity index (χ2v) is 9.50. The van der Waals surface area contributed by atoms with Gasteiger partial charge in [0.15, 0.2) is 4.90 Å². The number of rotatable bonds is 6. The van der Waals surface area contributed by atoms with Crippen LogP contribution in [-0.4, -0.2) is 44.1 Å². The van der Waals surface area contributed by atoms with Crippen LogP contribution >= 0.6 is 0 Å². The Morgan fingerprint density at radius 3 is 2.43 bits per heavy atom. The number of benzene rings is 1. The van der Waals surface area contributed by atoms with Gasteiger partial charge >= 0.3 is 6.03 Å². The Labute approximate surface area is 176 Å². The first kappa shape index (κ1) is 22.1. The van der Waals surface area contributed by atoms with Crippen LogP contribution in [0, 0.1) is 0 Å². The molecule has 1 unspecified atom stereocenters. The first-order valence-electron chi connectivity index (χ1n) is 9.82. The number of carbonyl (C=O) groups excluding carboxylic acids is 1. The van der Waals surface area contributed by atoms with Crippen molar-refractivity contribution in [3.63, 3.8) is 0 Å². The molecule has 9 nitrogen and oxygen atoms in total. The number of sulfonamides is 1.